The van der Waals surface area contributed by atoms with Crippen LogP contribution in [0.1, 0.15) is 42.9 Å². The Morgan fingerprint density at radius 2 is 2.04 bits per heavy atom. The molecule has 1 aliphatic carbocycles. The Kier molecular flexibility index (Phi) is 5.97. The smallest absolute Gasteiger partial charge is 0.277 e. The lowest BCUT2D eigenvalue weighted by Gasteiger charge is -2.16. The Bertz CT molecular complexity index is 633. The van der Waals surface area contributed by atoms with E-state index in [0.29, 0.717) is 5.92 Å². The van der Waals surface area contributed by atoms with Gasteiger partial charge in [-0.1, -0.05) is 23.8 Å². The fourth-order valence-corrected chi connectivity index (χ4v) is 2.65. The first-order valence-electron chi connectivity index (χ1n) is 8.14. The summed E-state index contributed by atoms with van der Waals surface area (Å²) in [6.07, 6.45) is 7.29. The summed E-state index contributed by atoms with van der Waals surface area (Å²) in [7, 11) is 0. The Balaban J connectivity index is 1.81. The van der Waals surface area contributed by atoms with E-state index in [4.69, 9.17) is 4.74 Å². The lowest BCUT2D eigenvalue weighted by molar-refractivity contribution is -0.123. The fraction of sp³-hybridized carbons (Fsp3) is 0.474. The van der Waals surface area contributed by atoms with E-state index in [1.807, 2.05) is 33.1 Å². The Morgan fingerprint density at radius 1 is 1.30 bits per heavy atom. The minimum atomic E-state index is -0.232. The zero-order valence-corrected chi connectivity index (χ0v) is 14.5. The molecule has 23 heavy (non-hydrogen) atoms. The first-order chi connectivity index (χ1) is 11.0. The third-order valence-corrected chi connectivity index (χ3v) is 4.37. The zero-order chi connectivity index (χ0) is 16.8. The molecule has 0 saturated carbocycles. The van der Waals surface area contributed by atoms with Gasteiger partial charge in [-0.2, -0.15) is 5.10 Å². The number of rotatable bonds is 5. The SMILES string of the molecule is CC1=CCC(/C=N/NC(=O)COc2c(C)ccc(C)c2C)CC1. The van der Waals surface area contributed by atoms with E-state index in [-0.39, 0.29) is 12.5 Å². The number of ether oxygens (including phenoxy) is 1. The van der Waals surface area contributed by atoms with Crippen LogP contribution < -0.4 is 10.2 Å². The van der Waals surface area contributed by atoms with Crippen LogP contribution in [0.15, 0.2) is 28.9 Å². The quantitative estimate of drug-likeness (QED) is 0.510. The predicted molar refractivity (Wildman–Crippen MR) is 93.9 cm³/mol. The summed E-state index contributed by atoms with van der Waals surface area (Å²) in [5.41, 5.74) is 7.26. The van der Waals surface area contributed by atoms with E-state index in [9.17, 15) is 4.79 Å². The van der Waals surface area contributed by atoms with Gasteiger partial charge in [-0.3, -0.25) is 4.79 Å². The second-order valence-corrected chi connectivity index (χ2v) is 6.34. The number of amides is 1. The van der Waals surface area contributed by atoms with Crippen molar-refractivity contribution in [1.82, 2.24) is 5.43 Å². The number of carbonyl (C=O) groups excluding carboxylic acids is 1. The maximum Gasteiger partial charge on any atom is 0.277 e. The standard InChI is InChI=1S/C19H26N2O2/c1-13-5-9-17(10-6-13)11-20-21-18(22)12-23-19-15(3)8-7-14(2)16(19)4/h5,7-8,11,17H,6,9-10,12H2,1-4H3,(H,21,22)/b20-11+. The first kappa shape index (κ1) is 17.3. The van der Waals surface area contributed by atoms with Crippen molar-refractivity contribution in [3.05, 3.63) is 40.5 Å². The van der Waals surface area contributed by atoms with Crippen molar-refractivity contribution in [2.45, 2.75) is 47.0 Å². The van der Waals surface area contributed by atoms with Crippen molar-refractivity contribution in [1.29, 1.82) is 0 Å². The average molecular weight is 314 g/mol. The highest BCUT2D eigenvalue weighted by atomic mass is 16.5. The third-order valence-electron chi connectivity index (χ3n) is 4.37. The number of hydrogen-bond acceptors (Lipinski definition) is 3. The number of nitrogens with one attached hydrogen (secondary N) is 1. The molecule has 1 N–H and O–H groups in total. The highest BCUT2D eigenvalue weighted by Gasteiger charge is 2.11. The molecule has 0 aliphatic heterocycles. The summed E-state index contributed by atoms with van der Waals surface area (Å²) in [6, 6.07) is 4.06. The minimum absolute atomic E-state index is 0.0217. The molecule has 1 atom stereocenters. The van der Waals surface area contributed by atoms with Crippen molar-refractivity contribution < 1.29 is 9.53 Å². The summed E-state index contributed by atoms with van der Waals surface area (Å²) in [5, 5.41) is 4.06. The van der Waals surface area contributed by atoms with Gasteiger partial charge in [0.2, 0.25) is 0 Å². The van der Waals surface area contributed by atoms with Gasteiger partial charge in [-0.25, -0.2) is 5.43 Å². The molecule has 0 heterocycles. The Labute approximate surface area is 138 Å². The zero-order valence-electron chi connectivity index (χ0n) is 14.5. The third kappa shape index (κ3) is 4.95. The molecule has 4 heteroatoms. The Morgan fingerprint density at radius 3 is 2.74 bits per heavy atom. The second kappa shape index (κ2) is 7.95. The molecule has 124 valence electrons. The molecule has 0 saturated heterocycles. The molecular formula is C19H26N2O2. The van der Waals surface area contributed by atoms with Crippen LogP contribution in [0.4, 0.5) is 0 Å². The number of aryl methyl sites for hydroxylation is 2. The number of allylic oxidation sites excluding steroid dienone is 2. The molecule has 0 aromatic heterocycles. The van der Waals surface area contributed by atoms with Crippen molar-refractivity contribution in [3.63, 3.8) is 0 Å². The van der Waals surface area contributed by atoms with E-state index >= 15 is 0 Å². The molecule has 4 nitrogen and oxygen atoms in total. The molecule has 2 rings (SSSR count). The van der Waals surface area contributed by atoms with Crippen LogP contribution in [0.3, 0.4) is 0 Å². The van der Waals surface area contributed by atoms with Crippen LogP contribution >= 0.6 is 0 Å². The molecule has 1 aromatic rings. The minimum Gasteiger partial charge on any atom is -0.483 e. The monoisotopic (exact) mass is 314 g/mol. The van der Waals surface area contributed by atoms with Gasteiger partial charge in [0.05, 0.1) is 0 Å². The number of carbonyl (C=O) groups is 1. The molecule has 0 radical (unpaired) electrons. The van der Waals surface area contributed by atoms with Gasteiger partial charge in [0, 0.05) is 6.21 Å². The van der Waals surface area contributed by atoms with Crippen molar-refractivity contribution in [2.24, 2.45) is 11.0 Å². The lowest BCUT2D eigenvalue weighted by Crippen LogP contribution is -2.25. The van der Waals surface area contributed by atoms with Crippen molar-refractivity contribution in [3.8, 4) is 5.75 Å². The maximum absolute atomic E-state index is 11.9. The van der Waals surface area contributed by atoms with Gasteiger partial charge in [-0.05, 0) is 69.6 Å². The second-order valence-electron chi connectivity index (χ2n) is 6.34. The molecule has 1 amide bonds. The number of benzene rings is 1. The van der Waals surface area contributed by atoms with Gasteiger partial charge in [0.25, 0.3) is 5.91 Å². The normalized spacial score (nSPS) is 17.9. The molecule has 1 unspecified atom stereocenters. The van der Waals surface area contributed by atoms with Crippen LogP contribution in [0.5, 0.6) is 5.75 Å². The summed E-state index contributed by atoms with van der Waals surface area (Å²) >= 11 is 0. The van der Waals surface area contributed by atoms with Crippen LogP contribution in [0.2, 0.25) is 0 Å². The molecule has 0 fully saturated rings. The van der Waals surface area contributed by atoms with Gasteiger partial charge in [0.15, 0.2) is 6.61 Å². The van der Waals surface area contributed by atoms with Gasteiger partial charge >= 0.3 is 0 Å². The van der Waals surface area contributed by atoms with Crippen molar-refractivity contribution >= 4 is 12.1 Å². The molecule has 0 spiro atoms. The Hall–Kier alpha value is -2.10. The topological polar surface area (TPSA) is 50.7 Å². The summed E-state index contributed by atoms with van der Waals surface area (Å²) in [6.45, 7) is 8.16. The number of nitrogens with zero attached hydrogens (tertiary/aromatic N) is 1. The van der Waals surface area contributed by atoms with Gasteiger partial charge in [-0.15, -0.1) is 0 Å². The summed E-state index contributed by atoms with van der Waals surface area (Å²) in [5.74, 6) is 0.974. The van der Waals surface area contributed by atoms with Crippen LogP contribution in [-0.2, 0) is 4.79 Å². The first-order valence-corrected chi connectivity index (χ1v) is 8.14. The van der Waals surface area contributed by atoms with Gasteiger partial charge < -0.3 is 4.74 Å². The van der Waals surface area contributed by atoms with E-state index < -0.39 is 0 Å². The van der Waals surface area contributed by atoms with E-state index in [2.05, 4.69) is 29.6 Å². The van der Waals surface area contributed by atoms with E-state index in [1.165, 1.54) is 5.57 Å². The maximum atomic E-state index is 11.9. The fourth-order valence-electron chi connectivity index (χ4n) is 2.65. The molecule has 0 bridgehead atoms. The lowest BCUT2D eigenvalue weighted by atomic mass is 9.91. The summed E-state index contributed by atoms with van der Waals surface area (Å²) < 4.78 is 5.67. The highest BCUT2D eigenvalue weighted by molar-refractivity contribution is 5.78. The van der Waals surface area contributed by atoms with Crippen molar-refractivity contribution in [2.75, 3.05) is 6.61 Å². The highest BCUT2D eigenvalue weighted by Crippen LogP contribution is 2.25. The average Bonchev–Trinajstić information content (AvgIpc) is 2.53. The predicted octanol–water partition coefficient (Wildman–Crippen LogP) is 3.84. The number of hydrazone groups is 1. The molecular weight excluding hydrogens is 288 g/mol. The van der Waals surface area contributed by atoms with Crippen LogP contribution in [-0.4, -0.2) is 18.7 Å². The number of hydrogen-bond donors (Lipinski definition) is 1. The van der Waals surface area contributed by atoms with E-state index in [0.717, 1.165) is 41.7 Å². The van der Waals surface area contributed by atoms with Crippen LogP contribution in [0, 0.1) is 26.7 Å². The van der Waals surface area contributed by atoms with Gasteiger partial charge in [0.1, 0.15) is 5.75 Å². The van der Waals surface area contributed by atoms with E-state index in [1.54, 1.807) is 0 Å². The molecule has 1 aromatic carbocycles. The largest absolute Gasteiger partial charge is 0.483 e. The molecule has 1 aliphatic rings. The van der Waals surface area contributed by atoms with Crippen LogP contribution in [0.25, 0.3) is 0 Å². The summed E-state index contributed by atoms with van der Waals surface area (Å²) in [4.78, 5) is 11.9.